The van der Waals surface area contributed by atoms with Crippen LogP contribution in [0.3, 0.4) is 0 Å². The molecule has 0 aromatic carbocycles. The third-order valence-corrected chi connectivity index (χ3v) is 6.49. The quantitative estimate of drug-likeness (QED) is 0.398. The van der Waals surface area contributed by atoms with E-state index in [2.05, 4.69) is 9.97 Å². The van der Waals surface area contributed by atoms with Gasteiger partial charge >= 0.3 is 11.9 Å². The summed E-state index contributed by atoms with van der Waals surface area (Å²) in [7, 11) is 0. The first-order valence-electron chi connectivity index (χ1n) is 10.7. The molecule has 2 aliphatic rings. The number of hydrogen-bond acceptors (Lipinski definition) is 4. The van der Waals surface area contributed by atoms with Crippen LogP contribution in [0.15, 0.2) is 36.4 Å². The molecule has 8 bridgehead atoms. The van der Waals surface area contributed by atoms with E-state index in [-0.39, 0.29) is 22.2 Å². The molecule has 0 amide bonds. The molecular weight excluding hydrogens is 432 g/mol. The average Bonchev–Trinajstić information content (AvgIpc) is 3.49. The fourth-order valence-corrected chi connectivity index (χ4v) is 4.22. The summed E-state index contributed by atoms with van der Waals surface area (Å²) in [5.74, 6) is -2.24. The molecule has 0 saturated heterocycles. The number of aromatic nitrogens is 4. The van der Waals surface area contributed by atoms with Gasteiger partial charge < -0.3 is 20.2 Å². The number of rotatable bonds is 2. The first-order chi connectivity index (χ1) is 16.1. The fraction of sp³-hybridized carbons (Fsp3) is 0.154. The molecule has 0 unspecified atom stereocenters. The average molecular weight is 454 g/mol. The molecule has 34 heavy (non-hydrogen) atoms. The molecule has 2 aliphatic heterocycles. The first-order valence-corrected chi connectivity index (χ1v) is 10.7. The highest BCUT2D eigenvalue weighted by Gasteiger charge is 2.18. The number of allylic oxidation sites excluding steroid dienone is 4. The first kappa shape index (κ1) is 21.4. The highest BCUT2D eigenvalue weighted by atomic mass is 16.4. The minimum Gasteiger partial charge on any atom is -0.478 e. The van der Waals surface area contributed by atoms with E-state index in [0.717, 1.165) is 45.1 Å². The maximum absolute atomic E-state index is 11.9. The highest BCUT2D eigenvalue weighted by Crippen LogP contribution is 2.33. The molecule has 0 spiro atoms. The van der Waals surface area contributed by atoms with Crippen molar-refractivity contribution in [2.75, 3.05) is 0 Å². The third kappa shape index (κ3) is 3.40. The molecule has 0 radical (unpaired) electrons. The van der Waals surface area contributed by atoms with Crippen LogP contribution in [0.1, 0.15) is 71.2 Å². The number of carbonyl (C=O) groups is 2. The molecule has 3 aromatic heterocycles. The lowest BCUT2D eigenvalue weighted by molar-refractivity contribution is 0.0688. The molecule has 4 N–H and O–H groups in total. The lowest BCUT2D eigenvalue weighted by Gasteiger charge is -1.96. The maximum Gasteiger partial charge on any atom is 0.337 e. The summed E-state index contributed by atoms with van der Waals surface area (Å²) < 4.78 is 0. The van der Waals surface area contributed by atoms with Gasteiger partial charge in [-0.3, -0.25) is 0 Å². The zero-order valence-electron chi connectivity index (χ0n) is 19.1. The van der Waals surface area contributed by atoms with Crippen LogP contribution in [0.2, 0.25) is 0 Å². The third-order valence-electron chi connectivity index (χ3n) is 6.49. The Morgan fingerprint density at radius 3 is 1.29 bits per heavy atom. The Labute approximate surface area is 194 Å². The number of fused-ring (bicyclic) bond motifs is 8. The van der Waals surface area contributed by atoms with E-state index in [0.29, 0.717) is 11.0 Å². The van der Waals surface area contributed by atoms with Crippen molar-refractivity contribution in [2.24, 2.45) is 0 Å². The number of aromatic carboxylic acids is 2. The number of nitrogens with one attached hydrogen (secondary N) is 2. The molecule has 0 saturated carbocycles. The monoisotopic (exact) mass is 454 g/mol. The van der Waals surface area contributed by atoms with Gasteiger partial charge in [0.05, 0.1) is 44.9 Å². The lowest BCUT2D eigenvalue weighted by Crippen LogP contribution is -1.95. The second kappa shape index (κ2) is 7.55. The summed E-state index contributed by atoms with van der Waals surface area (Å²) in [6.07, 6.45) is 0. The van der Waals surface area contributed by atoms with Crippen molar-refractivity contribution in [1.29, 1.82) is 0 Å². The van der Waals surface area contributed by atoms with Crippen LogP contribution in [-0.2, 0) is 0 Å². The van der Waals surface area contributed by atoms with Crippen LogP contribution in [0, 0.1) is 0 Å². The Hall–Kier alpha value is -4.46. The van der Waals surface area contributed by atoms with Crippen molar-refractivity contribution in [2.45, 2.75) is 27.7 Å². The van der Waals surface area contributed by atoms with Crippen molar-refractivity contribution >= 4 is 56.3 Å². The Kier molecular flexibility index (Phi) is 4.75. The molecule has 0 fully saturated rings. The molecular formula is C26H22N4O4. The van der Waals surface area contributed by atoms with Crippen molar-refractivity contribution < 1.29 is 19.8 Å². The predicted octanol–water partition coefficient (Wildman–Crippen LogP) is 5.61. The Morgan fingerprint density at radius 1 is 0.588 bits per heavy atom. The molecule has 0 atom stereocenters. The number of aromatic amines is 2. The minimum atomic E-state index is -1.12. The molecule has 8 nitrogen and oxygen atoms in total. The fourth-order valence-electron chi connectivity index (χ4n) is 4.22. The SMILES string of the molecule is CC1=C(C)c2cc3cc(C(=O)O)c(cc4[nH]c(cc5nc(cc1n2)C(C)=C5C)cc4C(=O)O)[nH]3. The van der Waals surface area contributed by atoms with Crippen molar-refractivity contribution in [3.05, 3.63) is 70.3 Å². The molecule has 8 heteroatoms. The van der Waals surface area contributed by atoms with Crippen molar-refractivity contribution in [1.82, 2.24) is 19.9 Å². The van der Waals surface area contributed by atoms with Gasteiger partial charge in [-0.15, -0.1) is 0 Å². The molecule has 5 heterocycles. The van der Waals surface area contributed by atoms with Crippen LogP contribution in [0.25, 0.3) is 44.4 Å². The van der Waals surface area contributed by atoms with Gasteiger partial charge in [-0.2, -0.15) is 0 Å². The molecule has 0 aliphatic carbocycles. The van der Waals surface area contributed by atoms with Crippen LogP contribution >= 0.6 is 0 Å². The van der Waals surface area contributed by atoms with Crippen LogP contribution < -0.4 is 0 Å². The Balaban J connectivity index is 1.97. The number of nitrogens with zero attached hydrogens (tertiary/aromatic N) is 2. The van der Waals surface area contributed by atoms with E-state index in [1.807, 2.05) is 33.8 Å². The van der Waals surface area contributed by atoms with Gasteiger partial charge in [0.15, 0.2) is 0 Å². The molecule has 3 aromatic rings. The van der Waals surface area contributed by atoms with Gasteiger partial charge in [-0.05, 0) is 86.4 Å². The van der Waals surface area contributed by atoms with Crippen LogP contribution in [-0.4, -0.2) is 42.1 Å². The van der Waals surface area contributed by atoms with Gasteiger partial charge in [0, 0.05) is 11.0 Å². The summed E-state index contributed by atoms with van der Waals surface area (Å²) in [5, 5.41) is 19.5. The summed E-state index contributed by atoms with van der Waals surface area (Å²) in [6.45, 7) is 7.95. The van der Waals surface area contributed by atoms with E-state index in [1.165, 1.54) is 18.2 Å². The standard InChI is InChI=1S/C26H22N4O4/c1-11-13(3)21-9-22-14(4)12(2)20(30-22)8-16-6-18(26(33)34)24(28-16)10-23-17(25(31)32)5-15(27-23)7-19(11)29-21/h5-10,27-28H,1-4H3,(H,31,32)(H,33,34). The van der Waals surface area contributed by atoms with E-state index in [9.17, 15) is 19.8 Å². The summed E-state index contributed by atoms with van der Waals surface area (Å²) >= 11 is 0. The highest BCUT2D eigenvalue weighted by molar-refractivity contribution is 6.02. The second-order valence-corrected chi connectivity index (χ2v) is 8.56. The van der Waals surface area contributed by atoms with E-state index < -0.39 is 11.9 Å². The van der Waals surface area contributed by atoms with E-state index in [1.54, 1.807) is 12.1 Å². The smallest absolute Gasteiger partial charge is 0.337 e. The molecule has 170 valence electrons. The predicted molar refractivity (Wildman–Crippen MR) is 131 cm³/mol. The topological polar surface area (TPSA) is 132 Å². The van der Waals surface area contributed by atoms with E-state index in [4.69, 9.17) is 9.97 Å². The summed E-state index contributed by atoms with van der Waals surface area (Å²) in [5.41, 5.74) is 8.83. The van der Waals surface area contributed by atoms with Gasteiger partial charge in [-0.1, -0.05) is 0 Å². The largest absolute Gasteiger partial charge is 0.478 e. The molecule has 5 rings (SSSR count). The minimum absolute atomic E-state index is 0.0353. The maximum atomic E-state index is 11.9. The Morgan fingerprint density at radius 2 is 0.941 bits per heavy atom. The van der Waals surface area contributed by atoms with E-state index >= 15 is 0 Å². The zero-order chi connectivity index (χ0) is 24.3. The van der Waals surface area contributed by atoms with Crippen molar-refractivity contribution in [3.8, 4) is 0 Å². The van der Waals surface area contributed by atoms with Gasteiger partial charge in [0.25, 0.3) is 0 Å². The zero-order valence-corrected chi connectivity index (χ0v) is 19.1. The summed E-state index contributed by atoms with van der Waals surface area (Å²) in [6, 6.07) is 10.1. The van der Waals surface area contributed by atoms with Gasteiger partial charge in [0.2, 0.25) is 0 Å². The normalized spacial score (nSPS) is 13.5. The van der Waals surface area contributed by atoms with Crippen LogP contribution in [0.4, 0.5) is 0 Å². The van der Waals surface area contributed by atoms with Crippen LogP contribution in [0.5, 0.6) is 0 Å². The second-order valence-electron chi connectivity index (χ2n) is 8.56. The lowest BCUT2D eigenvalue weighted by atomic mass is 10.1. The Bertz CT molecular complexity index is 1530. The number of H-pyrrole nitrogens is 2. The van der Waals surface area contributed by atoms with Gasteiger partial charge in [-0.25, -0.2) is 19.6 Å². The number of carboxylic acid groups (broad SMARTS) is 2. The summed E-state index contributed by atoms with van der Waals surface area (Å²) in [4.78, 5) is 39.6. The number of carboxylic acids is 2. The van der Waals surface area contributed by atoms with Crippen molar-refractivity contribution in [3.63, 3.8) is 0 Å². The van der Waals surface area contributed by atoms with Gasteiger partial charge in [0.1, 0.15) is 0 Å². The number of hydrogen-bond donors (Lipinski definition) is 4.